The van der Waals surface area contributed by atoms with Gasteiger partial charge < -0.3 is 9.72 Å². The Labute approximate surface area is 208 Å². The van der Waals surface area contributed by atoms with Crippen LogP contribution < -0.4 is 0 Å². The standard InChI is InChI=1S/C27H28N4O3S/c1-3-5-14-23(26(33)34-4-2)35-27-30-21-13-9-7-11-19(21)24-29-22(25(32)31(24)27)15-17-16-28-20-12-8-6-10-18(17)20/h6-13,16,22-23,28H,3-5,14-15H2,1-2H3/t22-,23-/m1/s1. The summed E-state index contributed by atoms with van der Waals surface area (Å²) in [6.45, 7) is 4.21. The summed E-state index contributed by atoms with van der Waals surface area (Å²) >= 11 is 1.30. The van der Waals surface area contributed by atoms with Crippen molar-refractivity contribution in [2.75, 3.05) is 6.61 Å². The predicted molar refractivity (Wildman–Crippen MR) is 140 cm³/mol. The smallest absolute Gasteiger partial charge is 0.319 e. The van der Waals surface area contributed by atoms with Gasteiger partial charge in [0.2, 0.25) is 0 Å². The van der Waals surface area contributed by atoms with E-state index < -0.39 is 11.3 Å². The van der Waals surface area contributed by atoms with Crippen molar-refractivity contribution in [1.29, 1.82) is 0 Å². The van der Waals surface area contributed by atoms with E-state index in [0.717, 1.165) is 40.6 Å². The lowest BCUT2D eigenvalue weighted by Crippen LogP contribution is -2.42. The second-order valence-electron chi connectivity index (χ2n) is 8.62. The van der Waals surface area contributed by atoms with Gasteiger partial charge in [0.25, 0.3) is 5.91 Å². The number of hydrogen-bond acceptors (Lipinski definition) is 6. The van der Waals surface area contributed by atoms with E-state index in [1.54, 1.807) is 11.8 Å². The van der Waals surface area contributed by atoms with Crippen LogP contribution in [0.15, 0.2) is 64.7 Å². The number of esters is 1. The molecule has 2 aromatic carbocycles. The molecule has 2 atom stereocenters. The lowest BCUT2D eigenvalue weighted by molar-refractivity contribution is -0.142. The number of amides is 1. The largest absolute Gasteiger partial charge is 0.465 e. The van der Waals surface area contributed by atoms with E-state index in [9.17, 15) is 9.59 Å². The number of H-pyrrole nitrogens is 1. The molecule has 2 aliphatic rings. The average Bonchev–Trinajstić information content (AvgIpc) is 3.43. The van der Waals surface area contributed by atoms with Crippen LogP contribution in [0.2, 0.25) is 0 Å². The normalized spacial score (nSPS) is 17.6. The molecule has 3 aromatic rings. The number of amidine groups is 2. The fraction of sp³-hybridized carbons (Fsp3) is 0.333. The van der Waals surface area contributed by atoms with Crippen LogP contribution in [0, 0.1) is 0 Å². The predicted octanol–water partition coefficient (Wildman–Crippen LogP) is 5.22. The molecule has 7 nitrogen and oxygen atoms in total. The molecule has 1 amide bonds. The summed E-state index contributed by atoms with van der Waals surface area (Å²) in [5.41, 5.74) is 3.67. The number of aliphatic imine (C=N–C) groups is 2. The number of aromatic amines is 1. The molecule has 8 heteroatoms. The van der Waals surface area contributed by atoms with E-state index in [2.05, 4.69) is 18.0 Å². The Kier molecular flexibility index (Phi) is 6.72. The van der Waals surface area contributed by atoms with Gasteiger partial charge in [-0.2, -0.15) is 0 Å². The van der Waals surface area contributed by atoms with E-state index in [0.29, 0.717) is 30.5 Å². The molecule has 0 saturated carbocycles. The zero-order valence-electron chi connectivity index (χ0n) is 19.9. The Hall–Kier alpha value is -3.39. The second kappa shape index (κ2) is 10.1. The van der Waals surface area contributed by atoms with Gasteiger partial charge in [0, 0.05) is 29.1 Å². The van der Waals surface area contributed by atoms with Crippen LogP contribution in [0.1, 0.15) is 44.2 Å². The van der Waals surface area contributed by atoms with Gasteiger partial charge in [-0.05, 0) is 37.1 Å². The lowest BCUT2D eigenvalue weighted by Gasteiger charge is -2.27. The number of thioether (sulfide) groups is 1. The molecule has 0 spiro atoms. The Bertz CT molecular complexity index is 1330. The summed E-state index contributed by atoms with van der Waals surface area (Å²) in [7, 11) is 0. The van der Waals surface area contributed by atoms with Gasteiger partial charge in [-0.3, -0.25) is 14.6 Å². The molecule has 0 fully saturated rings. The van der Waals surface area contributed by atoms with Crippen molar-refractivity contribution in [3.05, 3.63) is 65.9 Å². The van der Waals surface area contributed by atoms with Gasteiger partial charge in [0.05, 0.1) is 12.3 Å². The highest BCUT2D eigenvalue weighted by Crippen LogP contribution is 2.36. The highest BCUT2D eigenvalue weighted by molar-refractivity contribution is 8.15. The molecule has 0 aliphatic carbocycles. The van der Waals surface area contributed by atoms with Crippen LogP contribution in [-0.2, 0) is 20.7 Å². The first kappa shape index (κ1) is 23.4. The van der Waals surface area contributed by atoms with Crippen molar-refractivity contribution < 1.29 is 14.3 Å². The number of rotatable bonds is 8. The van der Waals surface area contributed by atoms with Crippen molar-refractivity contribution in [2.45, 2.75) is 50.8 Å². The van der Waals surface area contributed by atoms with Gasteiger partial charge in [-0.15, -0.1) is 0 Å². The van der Waals surface area contributed by atoms with Gasteiger partial charge in [0.1, 0.15) is 17.1 Å². The minimum atomic E-state index is -0.558. The molecule has 5 rings (SSSR count). The van der Waals surface area contributed by atoms with Crippen molar-refractivity contribution in [3.8, 4) is 0 Å². The van der Waals surface area contributed by atoms with Crippen molar-refractivity contribution in [1.82, 2.24) is 9.88 Å². The van der Waals surface area contributed by atoms with Gasteiger partial charge in [-0.25, -0.2) is 9.89 Å². The Morgan fingerprint density at radius 1 is 1.17 bits per heavy atom. The maximum absolute atomic E-state index is 13.7. The van der Waals surface area contributed by atoms with Crippen molar-refractivity contribution >= 4 is 51.2 Å². The second-order valence-corrected chi connectivity index (χ2v) is 9.79. The Morgan fingerprint density at radius 2 is 1.97 bits per heavy atom. The Balaban J connectivity index is 1.48. The molecular weight excluding hydrogens is 460 g/mol. The first-order valence-corrected chi connectivity index (χ1v) is 13.0. The molecule has 1 N–H and O–H groups in total. The first-order chi connectivity index (χ1) is 17.1. The number of nitrogens with one attached hydrogen (secondary N) is 1. The van der Waals surface area contributed by atoms with Gasteiger partial charge in [0.15, 0.2) is 5.17 Å². The summed E-state index contributed by atoms with van der Waals surface area (Å²) in [6.07, 6.45) is 4.95. The van der Waals surface area contributed by atoms with Gasteiger partial charge in [-0.1, -0.05) is 61.9 Å². The lowest BCUT2D eigenvalue weighted by atomic mass is 10.1. The van der Waals surface area contributed by atoms with E-state index in [4.69, 9.17) is 14.7 Å². The summed E-state index contributed by atoms with van der Waals surface area (Å²) in [4.78, 5) is 41.0. The third-order valence-corrected chi connectivity index (χ3v) is 7.45. The highest BCUT2D eigenvalue weighted by atomic mass is 32.2. The molecule has 3 heterocycles. The van der Waals surface area contributed by atoms with Crippen LogP contribution in [0.4, 0.5) is 5.69 Å². The van der Waals surface area contributed by atoms with Crippen molar-refractivity contribution in [3.63, 3.8) is 0 Å². The van der Waals surface area contributed by atoms with E-state index in [1.165, 1.54) is 11.8 Å². The fourth-order valence-corrected chi connectivity index (χ4v) is 5.64. The van der Waals surface area contributed by atoms with Gasteiger partial charge >= 0.3 is 5.97 Å². The molecule has 1 aromatic heterocycles. The topological polar surface area (TPSA) is 87.1 Å². The maximum atomic E-state index is 13.7. The van der Waals surface area contributed by atoms with Crippen LogP contribution in [0.25, 0.3) is 10.9 Å². The number of unbranched alkanes of at least 4 members (excludes halogenated alkanes) is 1. The number of aromatic nitrogens is 1. The molecule has 0 unspecified atom stereocenters. The first-order valence-electron chi connectivity index (χ1n) is 12.1. The quantitative estimate of drug-likeness (QED) is 0.440. The summed E-state index contributed by atoms with van der Waals surface area (Å²) in [5, 5.41) is 1.15. The third kappa shape index (κ3) is 4.50. The van der Waals surface area contributed by atoms with Crippen LogP contribution >= 0.6 is 11.8 Å². The molecule has 180 valence electrons. The minimum Gasteiger partial charge on any atom is -0.465 e. The SMILES string of the molecule is CCCC[C@@H](SC1=Nc2ccccc2C2=N[C@H](Cc3c[nH]c4ccccc34)C(=O)N12)C(=O)OCC. The molecular formula is C27H28N4O3S. The highest BCUT2D eigenvalue weighted by Gasteiger charge is 2.42. The zero-order valence-corrected chi connectivity index (χ0v) is 20.7. The van der Waals surface area contributed by atoms with E-state index in [-0.39, 0.29) is 11.9 Å². The zero-order chi connectivity index (χ0) is 24.4. The number of fused-ring (bicyclic) bond motifs is 4. The molecule has 0 saturated heterocycles. The minimum absolute atomic E-state index is 0.121. The number of carbonyl (C=O) groups is 2. The molecule has 0 bridgehead atoms. The summed E-state index contributed by atoms with van der Waals surface area (Å²) < 4.78 is 5.33. The van der Waals surface area contributed by atoms with Crippen LogP contribution in [0.5, 0.6) is 0 Å². The number of hydrogen-bond donors (Lipinski definition) is 1. The Morgan fingerprint density at radius 3 is 2.80 bits per heavy atom. The number of para-hydroxylation sites is 2. The number of nitrogens with zero attached hydrogens (tertiary/aromatic N) is 3. The van der Waals surface area contributed by atoms with E-state index >= 15 is 0 Å². The van der Waals surface area contributed by atoms with Crippen LogP contribution in [0.3, 0.4) is 0 Å². The molecule has 35 heavy (non-hydrogen) atoms. The number of ether oxygens (including phenoxy) is 1. The molecule has 2 aliphatic heterocycles. The maximum Gasteiger partial charge on any atom is 0.319 e. The average molecular weight is 489 g/mol. The van der Waals surface area contributed by atoms with E-state index in [1.807, 2.05) is 48.7 Å². The summed E-state index contributed by atoms with van der Waals surface area (Å²) in [5.74, 6) is 0.211. The molecule has 0 radical (unpaired) electrons. The third-order valence-electron chi connectivity index (χ3n) is 6.25. The summed E-state index contributed by atoms with van der Waals surface area (Å²) in [6, 6.07) is 15.2. The monoisotopic (exact) mass is 488 g/mol. The van der Waals surface area contributed by atoms with Crippen LogP contribution in [-0.4, -0.2) is 50.7 Å². The number of carbonyl (C=O) groups excluding carboxylic acids is 2. The van der Waals surface area contributed by atoms with Crippen molar-refractivity contribution in [2.24, 2.45) is 9.98 Å². The fourth-order valence-electron chi connectivity index (χ4n) is 4.50. The number of benzene rings is 2.